The number of unbranched alkanes of at least 4 members (excludes halogenated alkanes) is 4. The van der Waals surface area contributed by atoms with Crippen molar-refractivity contribution in [1.82, 2.24) is 10.6 Å². The number of carbonyl (C=O) groups excluding carboxylic acids is 4. The largest absolute Gasteiger partial charge is 0.456 e. The average Bonchev–Trinajstić information content (AvgIpc) is 3.46. The summed E-state index contributed by atoms with van der Waals surface area (Å²) in [5.74, 6) is -4.38. The first kappa shape index (κ1) is 41.6. The number of carbonyl (C=O) groups is 4. The third-order valence-corrected chi connectivity index (χ3v) is 8.43. The summed E-state index contributed by atoms with van der Waals surface area (Å²) in [5, 5.41) is 24.3. The standard InChI is InChI=1S/C36H49F3N2O10/c1-4-6-8-15-35(16-9-7-5-2)50-28-21-26(32(45)41-30(23(3)43)33(46)40-17-18-42)20-27(31(28)51-35)49-34(47)25-12-10-11-24(19-25)13-14-29(44)48-22-36(37,38)39/h10-14,19,21,23,27-28,30-31,42-43H,4-9,15-18,20,22H2,1-3H3,(H,40,46)(H,41,45)/t23-,27+,28+,30+,31-/m0/s1. The maximum absolute atomic E-state index is 13.6. The van der Waals surface area contributed by atoms with Crippen LogP contribution in [0.1, 0.15) is 94.5 Å². The Labute approximate surface area is 295 Å². The van der Waals surface area contributed by atoms with Gasteiger partial charge in [-0.25, -0.2) is 9.59 Å². The summed E-state index contributed by atoms with van der Waals surface area (Å²) in [5.41, 5.74) is 0.513. The quantitative estimate of drug-likeness (QED) is 0.0918. The Morgan fingerprint density at radius 2 is 1.76 bits per heavy atom. The van der Waals surface area contributed by atoms with E-state index in [2.05, 4.69) is 29.2 Å². The van der Waals surface area contributed by atoms with E-state index >= 15 is 0 Å². The van der Waals surface area contributed by atoms with Gasteiger partial charge < -0.3 is 39.8 Å². The van der Waals surface area contributed by atoms with Gasteiger partial charge in [-0.1, -0.05) is 51.7 Å². The normalized spacial score (nSPS) is 20.9. The first-order valence-electron chi connectivity index (χ1n) is 17.4. The molecule has 51 heavy (non-hydrogen) atoms. The fourth-order valence-electron chi connectivity index (χ4n) is 5.87. The first-order valence-corrected chi connectivity index (χ1v) is 17.4. The number of hydrogen-bond acceptors (Lipinski definition) is 10. The van der Waals surface area contributed by atoms with Gasteiger partial charge >= 0.3 is 18.1 Å². The van der Waals surface area contributed by atoms with E-state index in [0.717, 1.165) is 44.6 Å². The molecule has 0 spiro atoms. The summed E-state index contributed by atoms with van der Waals surface area (Å²) < 4.78 is 60.4. The zero-order valence-corrected chi connectivity index (χ0v) is 29.2. The van der Waals surface area contributed by atoms with Crippen LogP contribution in [0.3, 0.4) is 0 Å². The third kappa shape index (κ3) is 13.0. The van der Waals surface area contributed by atoms with Crippen LogP contribution in [0.5, 0.6) is 0 Å². The SMILES string of the molecule is CCCCCC1(CCCCC)O[C@@H]2[C@@H](C=C(C(=O)N[C@@H](C(=O)NCCO)[C@H](C)O)C[C@H]2OC(=O)c2cccc(C=CC(=O)OCC(F)(F)F)c2)O1. The van der Waals surface area contributed by atoms with E-state index in [1.165, 1.54) is 37.3 Å². The Kier molecular flexibility index (Phi) is 16.1. The monoisotopic (exact) mass is 726 g/mol. The molecule has 0 bridgehead atoms. The lowest BCUT2D eigenvalue weighted by molar-refractivity contribution is -0.190. The van der Waals surface area contributed by atoms with Crippen LogP contribution in [0.4, 0.5) is 13.2 Å². The fourth-order valence-corrected chi connectivity index (χ4v) is 5.87. The highest BCUT2D eigenvalue weighted by Gasteiger charge is 2.52. The minimum absolute atomic E-state index is 0.0590. The second-order valence-electron chi connectivity index (χ2n) is 12.7. The molecule has 1 fully saturated rings. The van der Waals surface area contributed by atoms with E-state index in [1.54, 1.807) is 6.08 Å². The van der Waals surface area contributed by atoms with E-state index in [4.69, 9.17) is 19.3 Å². The molecule has 1 saturated heterocycles. The molecular formula is C36H49F3N2O10. The molecule has 0 aromatic heterocycles. The molecule has 0 unspecified atom stereocenters. The van der Waals surface area contributed by atoms with Crippen LogP contribution < -0.4 is 10.6 Å². The minimum atomic E-state index is -4.67. The highest BCUT2D eigenvalue weighted by molar-refractivity contribution is 5.97. The number of esters is 2. The molecule has 1 aromatic rings. The van der Waals surface area contributed by atoms with Crippen molar-refractivity contribution in [3.05, 3.63) is 53.1 Å². The zero-order chi connectivity index (χ0) is 37.6. The predicted octanol–water partition coefficient (Wildman–Crippen LogP) is 4.28. The number of rotatable bonds is 19. The molecule has 1 aliphatic carbocycles. The summed E-state index contributed by atoms with van der Waals surface area (Å²) in [4.78, 5) is 51.5. The van der Waals surface area contributed by atoms with E-state index in [0.29, 0.717) is 18.4 Å². The second-order valence-corrected chi connectivity index (χ2v) is 12.7. The van der Waals surface area contributed by atoms with Gasteiger partial charge in [-0.3, -0.25) is 9.59 Å². The van der Waals surface area contributed by atoms with Crippen LogP contribution >= 0.6 is 0 Å². The molecular weight excluding hydrogens is 677 g/mol. The Hall–Kier alpha value is -3.79. The van der Waals surface area contributed by atoms with E-state index in [1.807, 2.05) is 0 Å². The van der Waals surface area contributed by atoms with Crippen molar-refractivity contribution >= 4 is 29.8 Å². The zero-order valence-electron chi connectivity index (χ0n) is 29.2. The molecule has 1 aromatic carbocycles. The Balaban J connectivity index is 1.87. The van der Waals surface area contributed by atoms with Crippen molar-refractivity contribution in [2.45, 2.75) is 121 Å². The van der Waals surface area contributed by atoms with Gasteiger partial charge in [0.15, 0.2) is 12.4 Å². The third-order valence-electron chi connectivity index (χ3n) is 8.43. The second kappa shape index (κ2) is 19.7. The van der Waals surface area contributed by atoms with Crippen molar-refractivity contribution in [1.29, 1.82) is 0 Å². The maximum atomic E-state index is 13.6. The molecule has 284 valence electrons. The maximum Gasteiger partial charge on any atom is 0.422 e. The lowest BCUT2D eigenvalue weighted by Gasteiger charge is -2.31. The number of halogens is 3. The van der Waals surface area contributed by atoms with E-state index in [-0.39, 0.29) is 30.7 Å². The lowest BCUT2D eigenvalue weighted by Crippen LogP contribution is -2.54. The molecule has 2 aliphatic rings. The van der Waals surface area contributed by atoms with Gasteiger partial charge in [-0.05, 0) is 49.6 Å². The van der Waals surface area contributed by atoms with Crippen LogP contribution in [-0.2, 0) is 33.3 Å². The molecule has 1 aliphatic heterocycles. The summed E-state index contributed by atoms with van der Waals surface area (Å²) in [7, 11) is 0. The highest BCUT2D eigenvalue weighted by Crippen LogP contribution is 2.43. The Morgan fingerprint density at radius 1 is 1.08 bits per heavy atom. The summed E-state index contributed by atoms with van der Waals surface area (Å²) in [6.45, 7) is 3.35. The van der Waals surface area contributed by atoms with Gasteiger partial charge in [0.25, 0.3) is 0 Å². The number of benzene rings is 1. The summed E-state index contributed by atoms with van der Waals surface area (Å²) >= 11 is 0. The van der Waals surface area contributed by atoms with Crippen molar-refractivity contribution < 1.29 is 61.5 Å². The number of hydrogen-bond donors (Lipinski definition) is 4. The van der Waals surface area contributed by atoms with Crippen LogP contribution in [0, 0.1) is 0 Å². The molecule has 3 rings (SSSR count). The first-order chi connectivity index (χ1) is 24.2. The van der Waals surface area contributed by atoms with Gasteiger partial charge in [0.05, 0.1) is 18.3 Å². The van der Waals surface area contributed by atoms with Crippen molar-refractivity contribution in [3.63, 3.8) is 0 Å². The van der Waals surface area contributed by atoms with Crippen molar-refractivity contribution in [3.8, 4) is 0 Å². The molecule has 2 amide bonds. The van der Waals surface area contributed by atoms with Gasteiger partial charge in [-0.15, -0.1) is 0 Å². The number of nitrogens with one attached hydrogen (secondary N) is 2. The number of amides is 2. The summed E-state index contributed by atoms with van der Waals surface area (Å²) in [6, 6.07) is 4.52. The van der Waals surface area contributed by atoms with E-state index < -0.39 is 72.8 Å². The average molecular weight is 727 g/mol. The Morgan fingerprint density at radius 3 is 2.37 bits per heavy atom. The number of aliphatic hydroxyl groups excluding tert-OH is 2. The molecule has 0 saturated carbocycles. The predicted molar refractivity (Wildman–Crippen MR) is 179 cm³/mol. The van der Waals surface area contributed by atoms with Crippen molar-refractivity contribution in [2.24, 2.45) is 0 Å². The number of fused-ring (bicyclic) bond motifs is 1. The molecule has 1 heterocycles. The van der Waals surface area contributed by atoms with Gasteiger partial charge in [0.1, 0.15) is 24.4 Å². The van der Waals surface area contributed by atoms with Crippen molar-refractivity contribution in [2.75, 3.05) is 19.8 Å². The van der Waals surface area contributed by atoms with Crippen LogP contribution in [-0.4, -0.2) is 96.1 Å². The Bertz CT molecular complexity index is 1390. The van der Waals surface area contributed by atoms with Crippen LogP contribution in [0.15, 0.2) is 42.0 Å². The number of alkyl halides is 3. The molecule has 4 N–H and O–H groups in total. The number of ether oxygens (including phenoxy) is 4. The van der Waals surface area contributed by atoms with Crippen LogP contribution in [0.2, 0.25) is 0 Å². The topological polar surface area (TPSA) is 170 Å². The summed E-state index contributed by atoms with van der Waals surface area (Å²) in [6.07, 6.45) is 1.63. The van der Waals surface area contributed by atoms with Gasteiger partial charge in [0.2, 0.25) is 11.8 Å². The number of aliphatic hydroxyl groups is 2. The molecule has 0 radical (unpaired) electrons. The minimum Gasteiger partial charge on any atom is -0.456 e. The van der Waals surface area contributed by atoms with Gasteiger partial charge in [-0.2, -0.15) is 13.2 Å². The smallest absolute Gasteiger partial charge is 0.422 e. The lowest BCUT2D eigenvalue weighted by atomic mass is 9.91. The molecule has 12 nitrogen and oxygen atoms in total. The molecule has 5 atom stereocenters. The van der Waals surface area contributed by atoms with Crippen LogP contribution in [0.25, 0.3) is 6.08 Å². The fraction of sp³-hybridized carbons (Fsp3) is 0.611. The van der Waals surface area contributed by atoms with Gasteiger partial charge in [0, 0.05) is 37.5 Å². The van der Waals surface area contributed by atoms with E-state index in [9.17, 15) is 37.5 Å². The highest BCUT2D eigenvalue weighted by atomic mass is 19.4. The molecule has 15 heteroatoms.